The van der Waals surface area contributed by atoms with Gasteiger partial charge in [0.15, 0.2) is 6.10 Å². The van der Waals surface area contributed by atoms with Crippen LogP contribution in [0.5, 0.6) is 0 Å². The van der Waals surface area contributed by atoms with Gasteiger partial charge in [0, 0.05) is 19.3 Å². The van der Waals surface area contributed by atoms with Crippen LogP contribution in [0.1, 0.15) is 201 Å². The molecule has 0 radical (unpaired) electrons. The van der Waals surface area contributed by atoms with Crippen molar-refractivity contribution in [3.05, 3.63) is 24.3 Å². The lowest BCUT2D eigenvalue weighted by molar-refractivity contribution is -0.167. The Labute approximate surface area is 290 Å². The van der Waals surface area contributed by atoms with Gasteiger partial charge in [0.1, 0.15) is 13.2 Å². The molecule has 0 N–H and O–H groups in total. The first-order valence-electron chi connectivity index (χ1n) is 19.8. The standard InChI is InChI=1S/C41H74O6/c1-4-7-10-13-15-17-19-20-21-22-24-25-28-31-34-40(43)46-37-38(36-45-39(42)33-30-27-12-9-6-3)47-41(44)35-32-29-26-23-18-16-14-11-8-5-2/h13,15,19-20,38H,4-12,14,16-18,21-37H2,1-3H3/b15-13-,20-19-. The lowest BCUT2D eigenvalue weighted by Crippen LogP contribution is -2.30. The molecule has 0 aromatic rings. The summed E-state index contributed by atoms with van der Waals surface area (Å²) in [4.78, 5) is 37.2. The van der Waals surface area contributed by atoms with Crippen LogP contribution in [0.25, 0.3) is 0 Å². The van der Waals surface area contributed by atoms with E-state index in [2.05, 4.69) is 45.1 Å². The molecule has 0 rings (SSSR count). The number of hydrogen-bond acceptors (Lipinski definition) is 6. The first kappa shape index (κ1) is 44.9. The number of esters is 3. The molecule has 0 aliphatic heterocycles. The summed E-state index contributed by atoms with van der Waals surface area (Å²) >= 11 is 0. The van der Waals surface area contributed by atoms with Crippen molar-refractivity contribution in [1.29, 1.82) is 0 Å². The van der Waals surface area contributed by atoms with Crippen molar-refractivity contribution in [1.82, 2.24) is 0 Å². The van der Waals surface area contributed by atoms with Crippen LogP contribution in [0.4, 0.5) is 0 Å². The third-order valence-corrected chi connectivity index (χ3v) is 8.46. The number of ether oxygens (including phenoxy) is 3. The molecule has 0 heterocycles. The molecule has 1 atom stereocenters. The lowest BCUT2D eigenvalue weighted by atomic mass is 10.1. The summed E-state index contributed by atoms with van der Waals surface area (Å²) in [6.45, 7) is 6.47. The average Bonchev–Trinajstić information content (AvgIpc) is 3.06. The zero-order chi connectivity index (χ0) is 34.5. The molecule has 0 aromatic carbocycles. The fourth-order valence-corrected chi connectivity index (χ4v) is 5.40. The highest BCUT2D eigenvalue weighted by molar-refractivity contribution is 5.71. The second-order valence-electron chi connectivity index (χ2n) is 13.2. The Hall–Kier alpha value is -2.11. The van der Waals surface area contributed by atoms with Crippen molar-refractivity contribution in [2.45, 2.75) is 207 Å². The second kappa shape index (κ2) is 36.7. The number of allylic oxidation sites excluding steroid dienone is 4. The summed E-state index contributed by atoms with van der Waals surface area (Å²) in [5.74, 6) is -0.907. The fraction of sp³-hybridized carbons (Fsp3) is 0.829. The number of carbonyl (C=O) groups excluding carboxylic acids is 3. The van der Waals surface area contributed by atoms with Crippen molar-refractivity contribution < 1.29 is 28.6 Å². The van der Waals surface area contributed by atoms with Gasteiger partial charge < -0.3 is 14.2 Å². The van der Waals surface area contributed by atoms with Crippen LogP contribution in [0, 0.1) is 0 Å². The minimum absolute atomic E-state index is 0.0750. The summed E-state index contributed by atoms with van der Waals surface area (Å²) in [6, 6.07) is 0. The van der Waals surface area contributed by atoms with Gasteiger partial charge in [-0.3, -0.25) is 14.4 Å². The van der Waals surface area contributed by atoms with E-state index in [-0.39, 0.29) is 31.1 Å². The topological polar surface area (TPSA) is 78.9 Å². The first-order valence-corrected chi connectivity index (χ1v) is 19.8. The Morgan fingerprint density at radius 2 is 0.787 bits per heavy atom. The molecule has 274 valence electrons. The summed E-state index contributed by atoms with van der Waals surface area (Å²) in [7, 11) is 0. The molecular formula is C41H74O6. The van der Waals surface area contributed by atoms with E-state index in [9.17, 15) is 14.4 Å². The SMILES string of the molecule is CCCC/C=C\C/C=C\CCCCCCCC(=O)OCC(COC(=O)CCCCCCC)OC(=O)CCCCCCCCCCCC. The van der Waals surface area contributed by atoms with Gasteiger partial charge in [-0.15, -0.1) is 0 Å². The van der Waals surface area contributed by atoms with Gasteiger partial charge in [-0.05, 0) is 44.9 Å². The molecule has 0 aliphatic rings. The molecule has 0 aliphatic carbocycles. The van der Waals surface area contributed by atoms with Crippen LogP contribution in [-0.4, -0.2) is 37.2 Å². The Balaban J connectivity index is 4.28. The van der Waals surface area contributed by atoms with E-state index >= 15 is 0 Å². The lowest BCUT2D eigenvalue weighted by Gasteiger charge is -2.18. The predicted octanol–water partition coefficient (Wildman–Crippen LogP) is 12.1. The summed E-state index contributed by atoms with van der Waals surface area (Å²) in [6.07, 6.45) is 37.6. The van der Waals surface area contributed by atoms with E-state index < -0.39 is 6.10 Å². The van der Waals surface area contributed by atoms with Gasteiger partial charge in [-0.1, -0.05) is 161 Å². The molecule has 0 saturated carbocycles. The third kappa shape index (κ3) is 35.0. The van der Waals surface area contributed by atoms with E-state index in [4.69, 9.17) is 14.2 Å². The number of carbonyl (C=O) groups is 3. The minimum Gasteiger partial charge on any atom is -0.462 e. The van der Waals surface area contributed by atoms with Gasteiger partial charge in [-0.25, -0.2) is 0 Å². The van der Waals surface area contributed by atoms with Gasteiger partial charge >= 0.3 is 17.9 Å². The van der Waals surface area contributed by atoms with E-state index in [0.717, 1.165) is 83.5 Å². The van der Waals surface area contributed by atoms with Crippen molar-refractivity contribution >= 4 is 17.9 Å². The quantitative estimate of drug-likeness (QED) is 0.0291. The molecule has 0 fully saturated rings. The van der Waals surface area contributed by atoms with Crippen LogP contribution in [-0.2, 0) is 28.6 Å². The Kier molecular flexibility index (Phi) is 35.1. The van der Waals surface area contributed by atoms with Gasteiger partial charge in [-0.2, -0.15) is 0 Å². The van der Waals surface area contributed by atoms with Crippen molar-refractivity contribution in [3.63, 3.8) is 0 Å². The monoisotopic (exact) mass is 663 g/mol. The molecule has 0 saturated heterocycles. The fourth-order valence-electron chi connectivity index (χ4n) is 5.40. The summed E-state index contributed by atoms with van der Waals surface area (Å²) in [5.41, 5.74) is 0. The van der Waals surface area contributed by atoms with Crippen LogP contribution >= 0.6 is 0 Å². The first-order chi connectivity index (χ1) is 23.0. The predicted molar refractivity (Wildman–Crippen MR) is 196 cm³/mol. The van der Waals surface area contributed by atoms with E-state index in [1.165, 1.54) is 77.0 Å². The minimum atomic E-state index is -0.765. The van der Waals surface area contributed by atoms with Crippen LogP contribution < -0.4 is 0 Å². The van der Waals surface area contributed by atoms with E-state index in [0.29, 0.717) is 19.3 Å². The van der Waals surface area contributed by atoms with Crippen molar-refractivity contribution in [2.75, 3.05) is 13.2 Å². The smallest absolute Gasteiger partial charge is 0.306 e. The van der Waals surface area contributed by atoms with Crippen molar-refractivity contribution in [2.24, 2.45) is 0 Å². The maximum atomic E-state index is 12.6. The summed E-state index contributed by atoms with van der Waals surface area (Å²) in [5, 5.41) is 0. The Morgan fingerprint density at radius 1 is 0.426 bits per heavy atom. The summed E-state index contributed by atoms with van der Waals surface area (Å²) < 4.78 is 16.5. The van der Waals surface area contributed by atoms with E-state index in [1.54, 1.807) is 0 Å². The average molecular weight is 663 g/mol. The molecule has 0 spiro atoms. The van der Waals surface area contributed by atoms with Crippen LogP contribution in [0.15, 0.2) is 24.3 Å². The third-order valence-electron chi connectivity index (χ3n) is 8.46. The van der Waals surface area contributed by atoms with Gasteiger partial charge in [0.05, 0.1) is 0 Å². The number of hydrogen-bond donors (Lipinski definition) is 0. The zero-order valence-corrected chi connectivity index (χ0v) is 31.0. The maximum absolute atomic E-state index is 12.6. The normalized spacial score (nSPS) is 12.1. The second-order valence-corrected chi connectivity index (χ2v) is 13.2. The van der Waals surface area contributed by atoms with Crippen LogP contribution in [0.2, 0.25) is 0 Å². The zero-order valence-electron chi connectivity index (χ0n) is 31.0. The molecule has 1 unspecified atom stereocenters. The van der Waals surface area contributed by atoms with Crippen molar-refractivity contribution in [3.8, 4) is 0 Å². The Bertz CT molecular complexity index is 774. The molecule has 6 heteroatoms. The largest absolute Gasteiger partial charge is 0.462 e. The van der Waals surface area contributed by atoms with E-state index in [1.807, 2.05) is 0 Å². The molecule has 6 nitrogen and oxygen atoms in total. The highest BCUT2D eigenvalue weighted by atomic mass is 16.6. The molecular weight excluding hydrogens is 588 g/mol. The molecule has 0 amide bonds. The number of rotatable bonds is 35. The number of unbranched alkanes of at least 4 members (excludes halogenated alkanes) is 20. The highest BCUT2D eigenvalue weighted by Crippen LogP contribution is 2.13. The van der Waals surface area contributed by atoms with Gasteiger partial charge in [0.25, 0.3) is 0 Å². The van der Waals surface area contributed by atoms with Gasteiger partial charge in [0.2, 0.25) is 0 Å². The maximum Gasteiger partial charge on any atom is 0.306 e. The van der Waals surface area contributed by atoms with Crippen LogP contribution in [0.3, 0.4) is 0 Å². The highest BCUT2D eigenvalue weighted by Gasteiger charge is 2.19. The molecule has 47 heavy (non-hydrogen) atoms. The Morgan fingerprint density at radius 3 is 1.23 bits per heavy atom. The molecule has 0 aromatic heterocycles. The molecule has 0 bridgehead atoms.